The van der Waals surface area contributed by atoms with Crippen molar-refractivity contribution >= 4 is 0 Å². The van der Waals surface area contributed by atoms with E-state index in [9.17, 15) is 0 Å². The first kappa shape index (κ1) is 9.70. The first-order valence-corrected chi connectivity index (χ1v) is 4.02. The van der Waals surface area contributed by atoms with Gasteiger partial charge in [-0.25, -0.2) is 0 Å². The Morgan fingerprint density at radius 1 is 1.20 bits per heavy atom. The van der Waals surface area contributed by atoms with Crippen LogP contribution in [0.2, 0.25) is 0 Å². The molecule has 0 rings (SSSR count). The Morgan fingerprint density at radius 3 is 2.20 bits per heavy atom. The highest BCUT2D eigenvalue weighted by Crippen LogP contribution is 2.04. The fourth-order valence-corrected chi connectivity index (χ4v) is 0.703. The van der Waals surface area contributed by atoms with E-state index in [2.05, 4.69) is 33.0 Å². The Morgan fingerprint density at radius 2 is 1.80 bits per heavy atom. The molecule has 0 atom stereocenters. The highest BCUT2D eigenvalue weighted by Gasteiger charge is 1.90. The van der Waals surface area contributed by atoms with Crippen molar-refractivity contribution in [3.63, 3.8) is 0 Å². The van der Waals surface area contributed by atoms with Gasteiger partial charge in [0.1, 0.15) is 0 Å². The second kappa shape index (κ2) is 5.48. The molecular formula is C9H19N. The van der Waals surface area contributed by atoms with Gasteiger partial charge >= 0.3 is 0 Å². The first-order valence-electron chi connectivity index (χ1n) is 4.02. The zero-order valence-corrected chi connectivity index (χ0v) is 7.62. The van der Waals surface area contributed by atoms with Crippen molar-refractivity contribution in [1.82, 2.24) is 5.32 Å². The maximum absolute atomic E-state index is 3.30. The Kier molecular flexibility index (Phi) is 5.32. The van der Waals surface area contributed by atoms with Gasteiger partial charge in [-0.1, -0.05) is 18.1 Å². The van der Waals surface area contributed by atoms with Crippen molar-refractivity contribution in [3.05, 3.63) is 11.1 Å². The minimum Gasteiger partial charge on any atom is -0.317 e. The molecule has 0 aliphatic heterocycles. The van der Waals surface area contributed by atoms with Crippen molar-refractivity contribution < 1.29 is 0 Å². The Balaban J connectivity index is 3.40. The molecule has 0 saturated carbocycles. The molecule has 0 spiro atoms. The number of hydrogen-bond donors (Lipinski definition) is 1. The molecule has 10 heavy (non-hydrogen) atoms. The van der Waals surface area contributed by atoms with Crippen LogP contribution in [0.1, 0.15) is 34.1 Å². The number of allylic oxidation sites excluding steroid dienone is 1. The monoisotopic (exact) mass is 141 g/mol. The molecule has 0 bridgehead atoms. The van der Waals surface area contributed by atoms with Gasteiger partial charge in [0.25, 0.3) is 0 Å². The fourth-order valence-electron chi connectivity index (χ4n) is 0.703. The van der Waals surface area contributed by atoms with E-state index in [1.165, 1.54) is 17.6 Å². The summed E-state index contributed by atoms with van der Waals surface area (Å²) in [7, 11) is 0. The van der Waals surface area contributed by atoms with Crippen molar-refractivity contribution in [2.24, 2.45) is 0 Å². The van der Waals surface area contributed by atoms with E-state index in [0.717, 1.165) is 13.1 Å². The molecule has 0 aromatic rings. The third-order valence-electron chi connectivity index (χ3n) is 1.78. The standard InChI is InChI=1S/C9H19N/c1-5-10-7-6-9(4)8(2)3/h10H,5-7H2,1-4H3. The van der Waals surface area contributed by atoms with Gasteiger partial charge in [0.2, 0.25) is 0 Å². The molecule has 0 heterocycles. The molecule has 0 saturated heterocycles. The molecule has 1 nitrogen and oxygen atoms in total. The van der Waals surface area contributed by atoms with Gasteiger partial charge in [-0.2, -0.15) is 0 Å². The van der Waals surface area contributed by atoms with E-state index in [-0.39, 0.29) is 0 Å². The average Bonchev–Trinajstić information content (AvgIpc) is 1.88. The van der Waals surface area contributed by atoms with E-state index in [1.807, 2.05) is 0 Å². The van der Waals surface area contributed by atoms with Gasteiger partial charge in [0, 0.05) is 0 Å². The highest BCUT2D eigenvalue weighted by molar-refractivity contribution is 5.06. The van der Waals surface area contributed by atoms with Crippen LogP contribution in [0.25, 0.3) is 0 Å². The lowest BCUT2D eigenvalue weighted by atomic mass is 10.1. The summed E-state index contributed by atoms with van der Waals surface area (Å²) in [4.78, 5) is 0. The van der Waals surface area contributed by atoms with Crippen molar-refractivity contribution in [3.8, 4) is 0 Å². The zero-order valence-electron chi connectivity index (χ0n) is 7.62. The molecule has 0 aromatic carbocycles. The molecule has 1 heteroatoms. The summed E-state index contributed by atoms with van der Waals surface area (Å²) in [6, 6.07) is 0. The number of rotatable bonds is 4. The Hall–Kier alpha value is -0.300. The van der Waals surface area contributed by atoms with Crippen LogP contribution in [-0.2, 0) is 0 Å². The van der Waals surface area contributed by atoms with Crippen LogP contribution < -0.4 is 5.32 Å². The first-order chi connectivity index (χ1) is 4.68. The number of nitrogens with one attached hydrogen (secondary N) is 1. The summed E-state index contributed by atoms with van der Waals surface area (Å²) in [5, 5.41) is 3.30. The second-order valence-electron chi connectivity index (χ2n) is 2.88. The second-order valence-corrected chi connectivity index (χ2v) is 2.88. The smallest absolute Gasteiger partial charge is 0.00117 e. The van der Waals surface area contributed by atoms with E-state index < -0.39 is 0 Å². The minimum atomic E-state index is 1.08. The quantitative estimate of drug-likeness (QED) is 0.468. The maximum Gasteiger partial charge on any atom is -0.00117 e. The SMILES string of the molecule is CCNCCC(C)=C(C)C. The summed E-state index contributed by atoms with van der Waals surface area (Å²) in [6.07, 6.45) is 1.19. The number of hydrogen-bond acceptors (Lipinski definition) is 1. The molecule has 1 N–H and O–H groups in total. The Labute approximate surface area is 64.5 Å². The third kappa shape index (κ3) is 4.57. The van der Waals surface area contributed by atoms with E-state index in [0.29, 0.717) is 0 Å². The van der Waals surface area contributed by atoms with Crippen LogP contribution in [-0.4, -0.2) is 13.1 Å². The normalized spacial score (nSPS) is 9.60. The molecule has 0 aliphatic rings. The molecule has 60 valence electrons. The lowest BCUT2D eigenvalue weighted by Crippen LogP contribution is -2.14. The summed E-state index contributed by atoms with van der Waals surface area (Å²) < 4.78 is 0. The molecule has 0 unspecified atom stereocenters. The van der Waals surface area contributed by atoms with Crippen LogP contribution >= 0.6 is 0 Å². The lowest BCUT2D eigenvalue weighted by Gasteiger charge is -2.03. The molecule has 0 amide bonds. The van der Waals surface area contributed by atoms with Crippen LogP contribution in [0.15, 0.2) is 11.1 Å². The highest BCUT2D eigenvalue weighted by atomic mass is 14.8. The summed E-state index contributed by atoms with van der Waals surface area (Å²) >= 11 is 0. The third-order valence-corrected chi connectivity index (χ3v) is 1.78. The topological polar surface area (TPSA) is 12.0 Å². The molecular weight excluding hydrogens is 122 g/mol. The molecule has 0 radical (unpaired) electrons. The van der Waals surface area contributed by atoms with Crippen LogP contribution in [0.3, 0.4) is 0 Å². The summed E-state index contributed by atoms with van der Waals surface area (Å²) in [6.45, 7) is 10.9. The van der Waals surface area contributed by atoms with E-state index in [1.54, 1.807) is 0 Å². The lowest BCUT2D eigenvalue weighted by molar-refractivity contribution is 0.710. The Bertz CT molecular complexity index is 110. The predicted molar refractivity (Wildman–Crippen MR) is 47.2 cm³/mol. The van der Waals surface area contributed by atoms with Crippen molar-refractivity contribution in [2.75, 3.05) is 13.1 Å². The summed E-state index contributed by atoms with van der Waals surface area (Å²) in [5.74, 6) is 0. The van der Waals surface area contributed by atoms with Crippen molar-refractivity contribution in [1.29, 1.82) is 0 Å². The van der Waals surface area contributed by atoms with Crippen molar-refractivity contribution in [2.45, 2.75) is 34.1 Å². The van der Waals surface area contributed by atoms with Gasteiger partial charge in [-0.3, -0.25) is 0 Å². The van der Waals surface area contributed by atoms with Crippen LogP contribution in [0.5, 0.6) is 0 Å². The molecule has 0 aliphatic carbocycles. The van der Waals surface area contributed by atoms with Crippen LogP contribution in [0.4, 0.5) is 0 Å². The minimum absolute atomic E-state index is 1.08. The van der Waals surface area contributed by atoms with Gasteiger partial charge in [-0.15, -0.1) is 0 Å². The van der Waals surface area contributed by atoms with Gasteiger partial charge < -0.3 is 5.32 Å². The van der Waals surface area contributed by atoms with E-state index in [4.69, 9.17) is 0 Å². The zero-order chi connectivity index (χ0) is 7.98. The largest absolute Gasteiger partial charge is 0.317 e. The van der Waals surface area contributed by atoms with Crippen LogP contribution in [0, 0.1) is 0 Å². The predicted octanol–water partition coefficient (Wildman–Crippen LogP) is 2.34. The van der Waals surface area contributed by atoms with Gasteiger partial charge in [-0.05, 0) is 40.3 Å². The molecule has 0 fully saturated rings. The summed E-state index contributed by atoms with van der Waals surface area (Å²) in [5.41, 5.74) is 2.97. The van der Waals surface area contributed by atoms with Gasteiger partial charge in [0.05, 0.1) is 0 Å². The maximum atomic E-state index is 3.30. The van der Waals surface area contributed by atoms with Gasteiger partial charge in [0.15, 0.2) is 0 Å². The average molecular weight is 141 g/mol. The fraction of sp³-hybridized carbons (Fsp3) is 0.778. The van der Waals surface area contributed by atoms with E-state index >= 15 is 0 Å². The molecule has 0 aromatic heterocycles.